The van der Waals surface area contributed by atoms with E-state index in [2.05, 4.69) is 39.1 Å². The molecule has 0 unspecified atom stereocenters. The molecule has 0 radical (unpaired) electrons. The zero-order valence-corrected chi connectivity index (χ0v) is 11.2. The van der Waals surface area contributed by atoms with E-state index in [4.69, 9.17) is 0 Å². The normalized spacial score (nSPS) is 11.0. The van der Waals surface area contributed by atoms with E-state index in [0.29, 0.717) is 5.95 Å². The van der Waals surface area contributed by atoms with Crippen LogP contribution >= 0.6 is 0 Å². The van der Waals surface area contributed by atoms with E-state index in [1.807, 2.05) is 0 Å². The first kappa shape index (κ1) is 12.8. The van der Waals surface area contributed by atoms with Crippen LogP contribution in [0.15, 0.2) is 6.20 Å². The van der Waals surface area contributed by atoms with Crippen LogP contribution in [0.5, 0.6) is 0 Å². The molecular weight excluding hydrogens is 226 g/mol. The minimum atomic E-state index is 0.682. The molecule has 0 aliphatic rings. The van der Waals surface area contributed by atoms with Gasteiger partial charge in [-0.25, -0.2) is 9.97 Å². The number of hydrogen-bond donors (Lipinski definition) is 2. The molecule has 0 atom stereocenters. The van der Waals surface area contributed by atoms with E-state index in [-0.39, 0.29) is 0 Å². The van der Waals surface area contributed by atoms with Gasteiger partial charge in [0.25, 0.3) is 0 Å². The number of aromatic amines is 1. The molecule has 0 aromatic carbocycles. The predicted octanol–water partition coefficient (Wildman–Crippen LogP) is 2.91. The second-order valence-electron chi connectivity index (χ2n) is 4.49. The Balaban J connectivity index is 2.07. The fourth-order valence-electron chi connectivity index (χ4n) is 1.78. The predicted molar refractivity (Wildman–Crippen MR) is 73.7 cm³/mol. The largest absolute Gasteiger partial charge is 0.354 e. The van der Waals surface area contributed by atoms with Crippen molar-refractivity contribution in [3.05, 3.63) is 12.0 Å². The van der Waals surface area contributed by atoms with Crippen LogP contribution in [0.2, 0.25) is 0 Å². The fourth-order valence-corrected chi connectivity index (χ4v) is 1.78. The molecule has 5 heteroatoms. The molecule has 2 aromatic heterocycles. The molecule has 0 saturated heterocycles. The number of aryl methyl sites for hydroxylation is 1. The Labute approximate surface area is 107 Å². The number of unbranched alkanes of at least 4 members (excludes halogenated alkanes) is 2. The summed E-state index contributed by atoms with van der Waals surface area (Å²) in [6, 6.07) is 0. The highest BCUT2D eigenvalue weighted by Gasteiger charge is 2.05. The van der Waals surface area contributed by atoms with Crippen molar-refractivity contribution in [2.75, 3.05) is 11.9 Å². The second-order valence-corrected chi connectivity index (χ2v) is 4.49. The number of H-pyrrole nitrogens is 1. The standard InChI is InChI=1S/C13H21N5/c1-3-5-7-11-16-10-9-15-13(14-8-6-4-2)18-12(10)17-11/h9H,3-8H2,1-2H3,(H2,14,15,16,17,18). The maximum atomic E-state index is 4.48. The van der Waals surface area contributed by atoms with Gasteiger partial charge in [0.2, 0.25) is 5.95 Å². The van der Waals surface area contributed by atoms with Crippen LogP contribution < -0.4 is 5.32 Å². The van der Waals surface area contributed by atoms with Crippen LogP contribution in [0, 0.1) is 0 Å². The molecule has 0 aliphatic heterocycles. The van der Waals surface area contributed by atoms with E-state index in [0.717, 1.165) is 42.8 Å². The summed E-state index contributed by atoms with van der Waals surface area (Å²) in [5.41, 5.74) is 1.68. The molecular formula is C13H21N5. The first-order valence-electron chi connectivity index (χ1n) is 6.79. The Hall–Kier alpha value is -1.65. The number of nitrogens with zero attached hydrogens (tertiary/aromatic N) is 3. The van der Waals surface area contributed by atoms with Crippen molar-refractivity contribution in [2.45, 2.75) is 46.0 Å². The molecule has 0 bridgehead atoms. The van der Waals surface area contributed by atoms with Crippen LogP contribution in [0.1, 0.15) is 45.4 Å². The van der Waals surface area contributed by atoms with Crippen molar-refractivity contribution in [2.24, 2.45) is 0 Å². The van der Waals surface area contributed by atoms with Crippen molar-refractivity contribution >= 4 is 17.1 Å². The minimum absolute atomic E-state index is 0.682. The number of rotatable bonds is 7. The molecule has 2 aromatic rings. The van der Waals surface area contributed by atoms with Crippen molar-refractivity contribution in [3.8, 4) is 0 Å². The Morgan fingerprint density at radius 3 is 2.78 bits per heavy atom. The van der Waals surface area contributed by atoms with Gasteiger partial charge in [0.05, 0.1) is 6.20 Å². The van der Waals surface area contributed by atoms with Gasteiger partial charge in [-0.3, -0.25) is 0 Å². The van der Waals surface area contributed by atoms with Gasteiger partial charge in [-0.2, -0.15) is 4.98 Å². The summed E-state index contributed by atoms with van der Waals surface area (Å²) in [6.45, 7) is 5.26. The molecule has 2 heterocycles. The third-order valence-corrected chi connectivity index (χ3v) is 2.87. The van der Waals surface area contributed by atoms with Crippen LogP contribution in [-0.4, -0.2) is 26.5 Å². The van der Waals surface area contributed by atoms with Gasteiger partial charge in [0.15, 0.2) is 5.65 Å². The Kier molecular flexibility index (Phi) is 4.50. The number of fused-ring (bicyclic) bond motifs is 1. The van der Waals surface area contributed by atoms with Gasteiger partial charge in [-0.1, -0.05) is 26.7 Å². The lowest BCUT2D eigenvalue weighted by Crippen LogP contribution is -2.04. The number of anilines is 1. The molecule has 2 N–H and O–H groups in total. The highest BCUT2D eigenvalue weighted by Crippen LogP contribution is 2.11. The second kappa shape index (κ2) is 6.33. The summed E-state index contributed by atoms with van der Waals surface area (Å²) in [7, 11) is 0. The molecule has 0 amide bonds. The molecule has 5 nitrogen and oxygen atoms in total. The number of imidazole rings is 1. The number of aromatic nitrogens is 4. The first-order chi connectivity index (χ1) is 8.83. The van der Waals surface area contributed by atoms with Gasteiger partial charge < -0.3 is 10.3 Å². The topological polar surface area (TPSA) is 66.5 Å². The quantitative estimate of drug-likeness (QED) is 0.738. The van der Waals surface area contributed by atoms with Crippen LogP contribution in [0.3, 0.4) is 0 Å². The summed E-state index contributed by atoms with van der Waals surface area (Å²) < 4.78 is 0. The average Bonchev–Trinajstić information content (AvgIpc) is 2.78. The van der Waals surface area contributed by atoms with Crippen molar-refractivity contribution in [1.29, 1.82) is 0 Å². The van der Waals surface area contributed by atoms with E-state index in [1.165, 1.54) is 12.8 Å². The molecule has 0 fully saturated rings. The highest BCUT2D eigenvalue weighted by molar-refractivity contribution is 5.70. The van der Waals surface area contributed by atoms with Gasteiger partial charge in [0.1, 0.15) is 11.3 Å². The Morgan fingerprint density at radius 2 is 2.00 bits per heavy atom. The minimum Gasteiger partial charge on any atom is -0.354 e. The molecule has 18 heavy (non-hydrogen) atoms. The number of nitrogens with one attached hydrogen (secondary N) is 2. The zero-order valence-electron chi connectivity index (χ0n) is 11.2. The Bertz CT molecular complexity index is 491. The summed E-state index contributed by atoms with van der Waals surface area (Å²) in [5.74, 6) is 1.69. The average molecular weight is 247 g/mol. The maximum absolute atomic E-state index is 4.48. The van der Waals surface area contributed by atoms with Crippen molar-refractivity contribution < 1.29 is 0 Å². The lowest BCUT2D eigenvalue weighted by atomic mass is 10.2. The summed E-state index contributed by atoms with van der Waals surface area (Å²) in [4.78, 5) is 16.4. The van der Waals surface area contributed by atoms with E-state index < -0.39 is 0 Å². The lowest BCUT2D eigenvalue weighted by Gasteiger charge is -2.01. The molecule has 0 spiro atoms. The summed E-state index contributed by atoms with van der Waals surface area (Å²) >= 11 is 0. The third kappa shape index (κ3) is 3.18. The Morgan fingerprint density at radius 1 is 1.17 bits per heavy atom. The smallest absolute Gasteiger partial charge is 0.224 e. The molecule has 2 rings (SSSR count). The van der Waals surface area contributed by atoms with Crippen LogP contribution in [-0.2, 0) is 6.42 Å². The summed E-state index contributed by atoms with van der Waals surface area (Å²) in [5, 5.41) is 3.22. The van der Waals surface area contributed by atoms with Crippen LogP contribution in [0.25, 0.3) is 11.2 Å². The van der Waals surface area contributed by atoms with Crippen LogP contribution in [0.4, 0.5) is 5.95 Å². The zero-order chi connectivity index (χ0) is 12.8. The monoisotopic (exact) mass is 247 g/mol. The van der Waals surface area contributed by atoms with Gasteiger partial charge in [-0.05, 0) is 12.8 Å². The summed E-state index contributed by atoms with van der Waals surface area (Å²) in [6.07, 6.45) is 7.38. The molecule has 98 valence electrons. The fraction of sp³-hybridized carbons (Fsp3) is 0.615. The van der Waals surface area contributed by atoms with Gasteiger partial charge in [-0.15, -0.1) is 0 Å². The van der Waals surface area contributed by atoms with Crippen molar-refractivity contribution in [1.82, 2.24) is 19.9 Å². The lowest BCUT2D eigenvalue weighted by molar-refractivity contribution is 0.764. The van der Waals surface area contributed by atoms with E-state index >= 15 is 0 Å². The van der Waals surface area contributed by atoms with Gasteiger partial charge >= 0.3 is 0 Å². The van der Waals surface area contributed by atoms with Crippen molar-refractivity contribution in [3.63, 3.8) is 0 Å². The molecule has 0 aliphatic carbocycles. The third-order valence-electron chi connectivity index (χ3n) is 2.87. The highest BCUT2D eigenvalue weighted by atomic mass is 15.1. The van der Waals surface area contributed by atoms with Gasteiger partial charge in [0, 0.05) is 13.0 Å². The first-order valence-corrected chi connectivity index (χ1v) is 6.79. The van der Waals surface area contributed by atoms with E-state index in [9.17, 15) is 0 Å². The maximum Gasteiger partial charge on any atom is 0.224 e. The number of hydrogen-bond acceptors (Lipinski definition) is 4. The SMILES string of the molecule is CCCCNc1ncc2nc(CCCC)[nH]c2n1. The van der Waals surface area contributed by atoms with E-state index in [1.54, 1.807) is 6.20 Å². The molecule has 0 saturated carbocycles.